The molecule has 0 bridgehead atoms. The molecule has 307 valence electrons. The number of ether oxygens (including phenoxy) is 2. The topological polar surface area (TPSA) is 82.2 Å². The van der Waals surface area contributed by atoms with Crippen LogP contribution in [0.5, 0.6) is 11.5 Å². The Morgan fingerprint density at radius 2 is 0.867 bits per heavy atom. The summed E-state index contributed by atoms with van der Waals surface area (Å²) in [5.74, 6) is 1.67. The molecule has 1 radical (unpaired) electrons. The molecule has 0 atom stereocenters. The van der Waals surface area contributed by atoms with Gasteiger partial charge < -0.3 is 39.3 Å². The Kier molecular flexibility index (Phi) is 18.4. The van der Waals surface area contributed by atoms with Crippen LogP contribution in [0.1, 0.15) is 29.2 Å². The second-order valence-electron chi connectivity index (χ2n) is 14.7. The first-order chi connectivity index (χ1) is 29.6. The summed E-state index contributed by atoms with van der Waals surface area (Å²) < 4.78 is 30.5. The Morgan fingerprint density at radius 3 is 1.25 bits per heavy atom. The Bertz CT molecular complexity index is 1920. The number of likely N-dealkylation sites (N-methyl/N-ethyl adjacent to an activating group) is 2. The standard InChI is InChI=1S/C49H57B3N3O5/c1-4-58-50-55-47(35-39-19-27-48(28-20-39)56-37-41-15-23-45(24-16-41)51(59-33-31-53-2)43-11-7-5-8-12-43)36-40-21-29-49(30-22-40)57-38-42-17-25-46(26-18-42)52(60-34-32-54-3)44-13-9-6-10-14-44/h5-30,47,53-55H,4,31-38H2,1-3H3. The molecule has 8 nitrogen and oxygen atoms in total. The predicted molar refractivity (Wildman–Crippen MR) is 249 cm³/mol. The zero-order valence-corrected chi connectivity index (χ0v) is 35.2. The van der Waals surface area contributed by atoms with Crippen LogP contribution >= 0.6 is 0 Å². The fourth-order valence-electron chi connectivity index (χ4n) is 6.92. The minimum atomic E-state index is -0.117. The van der Waals surface area contributed by atoms with Gasteiger partial charge in [-0.05, 0) is 102 Å². The van der Waals surface area contributed by atoms with Crippen LogP contribution in [-0.2, 0) is 40.0 Å². The first kappa shape index (κ1) is 44.4. The molecule has 11 heteroatoms. The molecule has 0 aliphatic heterocycles. The molecule has 0 heterocycles. The lowest BCUT2D eigenvalue weighted by Gasteiger charge is -2.19. The highest BCUT2D eigenvalue weighted by Crippen LogP contribution is 2.19. The van der Waals surface area contributed by atoms with Crippen LogP contribution in [-0.4, -0.2) is 74.5 Å². The van der Waals surface area contributed by atoms with Crippen molar-refractivity contribution in [2.24, 2.45) is 0 Å². The van der Waals surface area contributed by atoms with E-state index >= 15 is 0 Å². The highest BCUT2D eigenvalue weighted by atomic mass is 16.5. The van der Waals surface area contributed by atoms with Crippen molar-refractivity contribution in [2.45, 2.75) is 39.0 Å². The molecule has 0 saturated heterocycles. The molecular weight excluding hydrogens is 743 g/mol. The van der Waals surface area contributed by atoms with E-state index in [-0.39, 0.29) is 19.9 Å². The SMILES string of the molecule is CCO[B]NC(Cc1ccc(OCc2ccc(B(OCCNC)c3ccccc3)cc2)cc1)Cc1ccc(OCc2ccc(B(OCCNC)c3ccccc3)cc2)cc1. The molecule has 0 spiro atoms. The Labute approximate surface area is 358 Å². The average Bonchev–Trinajstić information content (AvgIpc) is 3.30. The summed E-state index contributed by atoms with van der Waals surface area (Å²) in [7, 11) is 5.58. The molecule has 6 rings (SSSR count). The summed E-state index contributed by atoms with van der Waals surface area (Å²) in [5, 5.41) is 9.80. The van der Waals surface area contributed by atoms with Crippen LogP contribution in [0.4, 0.5) is 0 Å². The van der Waals surface area contributed by atoms with E-state index in [0.717, 1.165) is 70.4 Å². The minimum absolute atomic E-state index is 0.117. The molecular formula is C49H57B3N3O5. The van der Waals surface area contributed by atoms with Gasteiger partial charge in [-0.1, -0.05) is 133 Å². The van der Waals surface area contributed by atoms with E-state index in [2.05, 4.69) is 161 Å². The van der Waals surface area contributed by atoms with Crippen molar-refractivity contribution in [3.05, 3.63) is 180 Å². The van der Waals surface area contributed by atoms with Crippen LogP contribution in [0.2, 0.25) is 0 Å². The van der Waals surface area contributed by atoms with Gasteiger partial charge in [-0.3, -0.25) is 0 Å². The van der Waals surface area contributed by atoms with Crippen molar-refractivity contribution in [1.29, 1.82) is 0 Å². The van der Waals surface area contributed by atoms with Crippen LogP contribution in [0, 0.1) is 0 Å². The van der Waals surface area contributed by atoms with Crippen LogP contribution in [0.3, 0.4) is 0 Å². The van der Waals surface area contributed by atoms with E-state index in [4.69, 9.17) is 23.4 Å². The van der Waals surface area contributed by atoms with Crippen molar-refractivity contribution in [1.82, 2.24) is 15.9 Å². The fourth-order valence-corrected chi connectivity index (χ4v) is 6.92. The van der Waals surface area contributed by atoms with E-state index in [1.165, 1.54) is 11.1 Å². The van der Waals surface area contributed by atoms with Gasteiger partial charge in [0.25, 0.3) is 0 Å². The molecule has 0 unspecified atom stereocenters. The zero-order valence-electron chi connectivity index (χ0n) is 35.2. The number of nitrogens with one attached hydrogen (secondary N) is 3. The molecule has 6 aromatic carbocycles. The van der Waals surface area contributed by atoms with Crippen molar-refractivity contribution in [3.63, 3.8) is 0 Å². The lowest BCUT2D eigenvalue weighted by molar-refractivity contribution is 0.306. The Balaban J connectivity index is 0.990. The minimum Gasteiger partial charge on any atom is -0.489 e. The lowest BCUT2D eigenvalue weighted by Crippen LogP contribution is -2.45. The van der Waals surface area contributed by atoms with Crippen LogP contribution < -0.4 is 47.2 Å². The third-order valence-electron chi connectivity index (χ3n) is 10.2. The Hall–Kier alpha value is -5.13. The lowest BCUT2D eigenvalue weighted by atomic mass is 9.55. The van der Waals surface area contributed by atoms with Crippen molar-refractivity contribution >= 4 is 43.3 Å². The molecule has 6 aromatic rings. The summed E-state index contributed by atoms with van der Waals surface area (Å²) in [5.41, 5.74) is 9.16. The van der Waals surface area contributed by atoms with Gasteiger partial charge in [-0.25, -0.2) is 0 Å². The summed E-state index contributed by atoms with van der Waals surface area (Å²) in [6, 6.07) is 54.6. The first-order valence-corrected chi connectivity index (χ1v) is 21.0. The molecule has 0 aliphatic carbocycles. The number of hydrogen-bond acceptors (Lipinski definition) is 8. The number of benzene rings is 6. The van der Waals surface area contributed by atoms with E-state index in [0.29, 0.717) is 33.0 Å². The molecule has 0 saturated carbocycles. The summed E-state index contributed by atoms with van der Waals surface area (Å²) in [6.45, 7) is 6.18. The van der Waals surface area contributed by atoms with Crippen molar-refractivity contribution in [3.8, 4) is 11.5 Å². The highest BCUT2D eigenvalue weighted by molar-refractivity contribution is 6.80. The van der Waals surface area contributed by atoms with Crippen LogP contribution in [0.25, 0.3) is 0 Å². The van der Waals surface area contributed by atoms with Gasteiger partial charge in [-0.2, -0.15) is 0 Å². The van der Waals surface area contributed by atoms with E-state index in [1.807, 2.05) is 33.2 Å². The van der Waals surface area contributed by atoms with Crippen molar-refractivity contribution in [2.75, 3.05) is 47.0 Å². The quantitative estimate of drug-likeness (QED) is 0.0532. The van der Waals surface area contributed by atoms with E-state index < -0.39 is 0 Å². The van der Waals surface area contributed by atoms with Gasteiger partial charge in [0.05, 0.1) is 0 Å². The molecule has 0 aromatic heterocycles. The maximum atomic E-state index is 6.26. The summed E-state index contributed by atoms with van der Waals surface area (Å²) in [4.78, 5) is 0. The molecule has 60 heavy (non-hydrogen) atoms. The predicted octanol–water partition coefficient (Wildman–Crippen LogP) is 4.84. The van der Waals surface area contributed by atoms with Gasteiger partial charge in [0.15, 0.2) is 0 Å². The zero-order chi connectivity index (χ0) is 41.6. The molecule has 0 fully saturated rings. The average molecular weight is 800 g/mol. The number of hydrogen-bond donors (Lipinski definition) is 3. The molecule has 0 amide bonds. The maximum absolute atomic E-state index is 6.26. The molecule has 0 aliphatic rings. The van der Waals surface area contributed by atoms with E-state index in [1.54, 1.807) is 7.62 Å². The van der Waals surface area contributed by atoms with Gasteiger partial charge in [0, 0.05) is 39.0 Å². The van der Waals surface area contributed by atoms with Crippen molar-refractivity contribution < 1.29 is 23.4 Å². The Morgan fingerprint density at radius 1 is 0.483 bits per heavy atom. The molecule has 3 N–H and O–H groups in total. The van der Waals surface area contributed by atoms with Crippen LogP contribution in [0.15, 0.2) is 158 Å². The monoisotopic (exact) mass is 800 g/mol. The van der Waals surface area contributed by atoms with E-state index in [9.17, 15) is 0 Å². The second kappa shape index (κ2) is 24.8. The van der Waals surface area contributed by atoms with Gasteiger partial charge >= 0.3 is 21.4 Å². The number of rotatable bonds is 26. The normalized spacial score (nSPS) is 11.1. The summed E-state index contributed by atoms with van der Waals surface area (Å²) in [6.07, 6.45) is 1.65. The second-order valence-corrected chi connectivity index (χ2v) is 14.7. The largest absolute Gasteiger partial charge is 0.489 e. The third kappa shape index (κ3) is 14.3. The van der Waals surface area contributed by atoms with Gasteiger partial charge in [-0.15, -0.1) is 0 Å². The van der Waals surface area contributed by atoms with Gasteiger partial charge in [0.1, 0.15) is 24.7 Å². The smallest absolute Gasteiger partial charge is 0.396 e. The third-order valence-corrected chi connectivity index (χ3v) is 10.2. The summed E-state index contributed by atoms with van der Waals surface area (Å²) >= 11 is 0. The first-order valence-electron chi connectivity index (χ1n) is 21.0. The van der Waals surface area contributed by atoms with Gasteiger partial charge in [0.2, 0.25) is 0 Å². The maximum Gasteiger partial charge on any atom is 0.396 e. The fraction of sp³-hybridized carbons (Fsp3) is 0.265. The highest BCUT2D eigenvalue weighted by Gasteiger charge is 2.22.